The van der Waals surface area contributed by atoms with Crippen molar-refractivity contribution in [1.29, 1.82) is 0 Å². The maximum atomic E-state index is 3.56. The van der Waals surface area contributed by atoms with Crippen molar-refractivity contribution in [3.63, 3.8) is 0 Å². The fraction of sp³-hybridized carbons (Fsp3) is 0.143. The SMILES string of the molecule is Cc1cccc(CNc2c(Br)cc(Br)cc2Br)c1. The van der Waals surface area contributed by atoms with Gasteiger partial charge < -0.3 is 5.32 Å². The van der Waals surface area contributed by atoms with E-state index in [1.165, 1.54) is 11.1 Å². The Morgan fingerprint density at radius 2 is 1.67 bits per heavy atom. The van der Waals surface area contributed by atoms with Gasteiger partial charge in [0, 0.05) is 20.0 Å². The molecule has 0 bridgehead atoms. The zero-order valence-electron chi connectivity index (χ0n) is 9.81. The molecule has 0 amide bonds. The van der Waals surface area contributed by atoms with E-state index >= 15 is 0 Å². The number of hydrogen-bond donors (Lipinski definition) is 1. The molecule has 4 heteroatoms. The highest BCUT2D eigenvalue weighted by Crippen LogP contribution is 2.34. The first-order chi connectivity index (χ1) is 8.56. The minimum absolute atomic E-state index is 0.806. The van der Waals surface area contributed by atoms with Gasteiger partial charge in [0.1, 0.15) is 0 Å². The van der Waals surface area contributed by atoms with E-state index in [9.17, 15) is 0 Å². The van der Waals surface area contributed by atoms with Crippen LogP contribution in [0.15, 0.2) is 49.8 Å². The molecule has 94 valence electrons. The summed E-state index contributed by atoms with van der Waals surface area (Å²) in [4.78, 5) is 0. The average Bonchev–Trinajstić information content (AvgIpc) is 2.27. The average molecular weight is 434 g/mol. The third-order valence-corrected chi connectivity index (χ3v) is 4.27. The maximum absolute atomic E-state index is 3.56. The summed E-state index contributed by atoms with van der Waals surface area (Å²) in [7, 11) is 0. The van der Waals surface area contributed by atoms with Crippen LogP contribution >= 0.6 is 47.8 Å². The van der Waals surface area contributed by atoms with Gasteiger partial charge in [0.2, 0.25) is 0 Å². The predicted octanol–water partition coefficient (Wildman–Crippen LogP) is 5.89. The largest absolute Gasteiger partial charge is 0.379 e. The predicted molar refractivity (Wildman–Crippen MR) is 88.0 cm³/mol. The van der Waals surface area contributed by atoms with Crippen LogP contribution in [0.4, 0.5) is 5.69 Å². The van der Waals surface area contributed by atoms with Crippen LogP contribution in [0.1, 0.15) is 11.1 Å². The number of anilines is 1. The zero-order chi connectivity index (χ0) is 13.1. The van der Waals surface area contributed by atoms with Crippen molar-refractivity contribution in [3.05, 3.63) is 60.9 Å². The van der Waals surface area contributed by atoms with Gasteiger partial charge in [0.15, 0.2) is 0 Å². The summed E-state index contributed by atoms with van der Waals surface area (Å²) in [6.07, 6.45) is 0. The van der Waals surface area contributed by atoms with Crippen molar-refractivity contribution in [1.82, 2.24) is 0 Å². The van der Waals surface area contributed by atoms with Gasteiger partial charge in [-0.3, -0.25) is 0 Å². The van der Waals surface area contributed by atoms with E-state index < -0.39 is 0 Å². The molecular formula is C14H12Br3N. The van der Waals surface area contributed by atoms with Gasteiger partial charge in [-0.05, 0) is 56.5 Å². The normalized spacial score (nSPS) is 10.4. The van der Waals surface area contributed by atoms with Gasteiger partial charge in [-0.1, -0.05) is 45.8 Å². The van der Waals surface area contributed by atoms with Crippen LogP contribution < -0.4 is 5.32 Å². The second-order valence-corrected chi connectivity index (χ2v) is 6.71. The molecule has 0 aliphatic rings. The third-order valence-electron chi connectivity index (χ3n) is 2.56. The van der Waals surface area contributed by atoms with Crippen LogP contribution in [0.25, 0.3) is 0 Å². The highest BCUT2D eigenvalue weighted by atomic mass is 79.9. The lowest BCUT2D eigenvalue weighted by Gasteiger charge is -2.12. The molecule has 0 unspecified atom stereocenters. The van der Waals surface area contributed by atoms with Gasteiger partial charge in [-0.25, -0.2) is 0 Å². The molecule has 2 aromatic carbocycles. The Morgan fingerprint density at radius 1 is 1.00 bits per heavy atom. The molecule has 0 saturated heterocycles. The summed E-state index contributed by atoms with van der Waals surface area (Å²) < 4.78 is 3.12. The minimum Gasteiger partial charge on any atom is -0.379 e. The molecule has 2 rings (SSSR count). The van der Waals surface area contributed by atoms with Crippen molar-refractivity contribution in [2.75, 3.05) is 5.32 Å². The molecule has 0 fully saturated rings. The van der Waals surface area contributed by atoms with Crippen LogP contribution in [-0.4, -0.2) is 0 Å². The van der Waals surface area contributed by atoms with Crippen molar-refractivity contribution in [2.45, 2.75) is 13.5 Å². The lowest BCUT2D eigenvalue weighted by atomic mass is 10.1. The molecule has 0 aromatic heterocycles. The number of halogens is 3. The Labute approximate surface area is 132 Å². The Morgan fingerprint density at radius 3 is 2.28 bits per heavy atom. The standard InChI is InChI=1S/C14H12Br3N/c1-9-3-2-4-10(5-9)8-18-14-12(16)6-11(15)7-13(14)17/h2-7,18H,8H2,1H3. The lowest BCUT2D eigenvalue weighted by molar-refractivity contribution is 1.13. The van der Waals surface area contributed by atoms with Gasteiger partial charge in [-0.2, -0.15) is 0 Å². The van der Waals surface area contributed by atoms with Gasteiger partial charge in [0.25, 0.3) is 0 Å². The van der Waals surface area contributed by atoms with Crippen LogP contribution in [-0.2, 0) is 6.54 Å². The molecule has 0 radical (unpaired) electrons. The molecule has 0 aliphatic heterocycles. The summed E-state index contributed by atoms with van der Waals surface area (Å²) in [5.74, 6) is 0. The van der Waals surface area contributed by atoms with Crippen LogP contribution in [0.5, 0.6) is 0 Å². The maximum Gasteiger partial charge on any atom is 0.0632 e. The molecule has 0 saturated carbocycles. The highest BCUT2D eigenvalue weighted by Gasteiger charge is 2.06. The van der Waals surface area contributed by atoms with Gasteiger partial charge in [-0.15, -0.1) is 0 Å². The summed E-state index contributed by atoms with van der Waals surface area (Å²) in [6, 6.07) is 12.6. The molecule has 0 atom stereocenters. The van der Waals surface area contributed by atoms with E-state index in [4.69, 9.17) is 0 Å². The van der Waals surface area contributed by atoms with Crippen LogP contribution in [0, 0.1) is 6.92 Å². The van der Waals surface area contributed by atoms with E-state index in [2.05, 4.69) is 84.3 Å². The lowest BCUT2D eigenvalue weighted by Crippen LogP contribution is -2.01. The first kappa shape index (κ1) is 14.1. The number of aryl methyl sites for hydroxylation is 1. The van der Waals surface area contributed by atoms with Crippen molar-refractivity contribution in [3.8, 4) is 0 Å². The first-order valence-electron chi connectivity index (χ1n) is 5.50. The van der Waals surface area contributed by atoms with Gasteiger partial charge >= 0.3 is 0 Å². The second kappa shape index (κ2) is 6.22. The zero-order valence-corrected chi connectivity index (χ0v) is 14.6. The molecule has 0 spiro atoms. The molecule has 0 aliphatic carbocycles. The van der Waals surface area contributed by atoms with Crippen molar-refractivity contribution >= 4 is 53.5 Å². The van der Waals surface area contributed by atoms with E-state index in [0.29, 0.717) is 0 Å². The van der Waals surface area contributed by atoms with E-state index in [1.54, 1.807) is 0 Å². The Hall–Kier alpha value is -0.320. The molecule has 18 heavy (non-hydrogen) atoms. The number of rotatable bonds is 3. The fourth-order valence-electron chi connectivity index (χ4n) is 1.72. The Kier molecular flexibility index (Phi) is 4.87. The fourth-order valence-corrected chi connectivity index (χ4v) is 4.26. The Bertz CT molecular complexity index is 544. The Balaban J connectivity index is 2.16. The molecule has 1 N–H and O–H groups in total. The molecule has 0 heterocycles. The summed E-state index contributed by atoms with van der Waals surface area (Å²) in [5, 5.41) is 3.44. The molecular weight excluding hydrogens is 422 g/mol. The quantitative estimate of drug-likeness (QED) is 0.635. The highest BCUT2D eigenvalue weighted by molar-refractivity contribution is 9.11. The summed E-state index contributed by atoms with van der Waals surface area (Å²) >= 11 is 10.6. The summed E-state index contributed by atoms with van der Waals surface area (Å²) in [6.45, 7) is 2.91. The summed E-state index contributed by atoms with van der Waals surface area (Å²) in [5.41, 5.74) is 3.62. The number of hydrogen-bond acceptors (Lipinski definition) is 1. The van der Waals surface area contributed by atoms with E-state index in [-0.39, 0.29) is 0 Å². The van der Waals surface area contributed by atoms with Crippen LogP contribution in [0.2, 0.25) is 0 Å². The second-order valence-electron chi connectivity index (χ2n) is 4.09. The molecule has 2 aromatic rings. The topological polar surface area (TPSA) is 12.0 Å². The minimum atomic E-state index is 0.806. The number of nitrogens with one attached hydrogen (secondary N) is 1. The van der Waals surface area contributed by atoms with Crippen molar-refractivity contribution in [2.24, 2.45) is 0 Å². The molecule has 1 nitrogen and oxygen atoms in total. The van der Waals surface area contributed by atoms with Crippen molar-refractivity contribution < 1.29 is 0 Å². The smallest absolute Gasteiger partial charge is 0.0632 e. The van der Waals surface area contributed by atoms with E-state index in [0.717, 1.165) is 25.7 Å². The van der Waals surface area contributed by atoms with Crippen LogP contribution in [0.3, 0.4) is 0 Å². The first-order valence-corrected chi connectivity index (χ1v) is 7.88. The third kappa shape index (κ3) is 3.59. The van der Waals surface area contributed by atoms with E-state index in [1.807, 2.05) is 12.1 Å². The monoisotopic (exact) mass is 431 g/mol. The number of benzene rings is 2. The van der Waals surface area contributed by atoms with Gasteiger partial charge in [0.05, 0.1) is 5.69 Å².